The van der Waals surface area contributed by atoms with E-state index in [1.54, 1.807) is 5.51 Å². The quantitative estimate of drug-likeness (QED) is 0.821. The molecule has 0 bridgehead atoms. The van der Waals surface area contributed by atoms with Crippen LogP contribution in [0.15, 0.2) is 23.7 Å². The number of ether oxygens (including phenoxy) is 2. The summed E-state index contributed by atoms with van der Waals surface area (Å²) in [7, 11) is 0. The van der Waals surface area contributed by atoms with Gasteiger partial charge in [-0.1, -0.05) is 23.5 Å². The third kappa shape index (κ3) is 3.89. The average Bonchev–Trinajstić information content (AvgIpc) is 3.09. The molecule has 0 unspecified atom stereocenters. The van der Waals surface area contributed by atoms with Crippen molar-refractivity contribution in [3.05, 3.63) is 29.3 Å². The van der Waals surface area contributed by atoms with Crippen LogP contribution in [0, 0.1) is 0 Å². The molecule has 2 heterocycles. The molecule has 2 N–H and O–H groups in total. The Morgan fingerprint density at radius 2 is 2.35 bits per heavy atom. The molecule has 0 atom stereocenters. The summed E-state index contributed by atoms with van der Waals surface area (Å²) in [5.74, 6) is 1.51. The Labute approximate surface area is 138 Å². The van der Waals surface area contributed by atoms with Crippen molar-refractivity contribution >= 4 is 22.5 Å². The summed E-state index contributed by atoms with van der Waals surface area (Å²) < 4.78 is 11.7. The predicted molar refractivity (Wildman–Crippen MR) is 87.3 cm³/mol. The van der Waals surface area contributed by atoms with Crippen LogP contribution in [0.4, 0.5) is 9.93 Å². The molecule has 2 aromatic rings. The highest BCUT2D eigenvalue weighted by molar-refractivity contribution is 7.13. The van der Waals surface area contributed by atoms with E-state index in [1.807, 2.05) is 18.2 Å². The van der Waals surface area contributed by atoms with Crippen molar-refractivity contribution in [2.75, 3.05) is 18.5 Å². The van der Waals surface area contributed by atoms with Crippen LogP contribution < -0.4 is 20.1 Å². The summed E-state index contributed by atoms with van der Waals surface area (Å²) in [5, 5.41) is 13.1. The van der Waals surface area contributed by atoms with Gasteiger partial charge in [-0.05, 0) is 19.9 Å². The van der Waals surface area contributed by atoms with E-state index in [9.17, 15) is 4.79 Å². The van der Waals surface area contributed by atoms with Gasteiger partial charge in [0.2, 0.25) is 5.13 Å². The SMILES string of the molecule is CC1(C)Cc2cccc(OCCNC(=O)Nc3nncs3)c2O1. The molecule has 2 amide bonds. The number of amides is 2. The third-order valence-corrected chi connectivity index (χ3v) is 3.89. The highest BCUT2D eigenvalue weighted by atomic mass is 32.1. The Kier molecular flexibility index (Phi) is 4.33. The van der Waals surface area contributed by atoms with E-state index >= 15 is 0 Å². The molecule has 7 nitrogen and oxygen atoms in total. The number of para-hydroxylation sites is 1. The van der Waals surface area contributed by atoms with Crippen LogP contribution in [0.25, 0.3) is 0 Å². The molecule has 0 aliphatic carbocycles. The molecule has 0 radical (unpaired) electrons. The van der Waals surface area contributed by atoms with Crippen molar-refractivity contribution in [2.24, 2.45) is 0 Å². The van der Waals surface area contributed by atoms with Gasteiger partial charge in [0.05, 0.1) is 6.54 Å². The molecule has 0 saturated heterocycles. The van der Waals surface area contributed by atoms with Gasteiger partial charge in [-0.2, -0.15) is 0 Å². The lowest BCUT2D eigenvalue weighted by Gasteiger charge is -2.18. The lowest BCUT2D eigenvalue weighted by molar-refractivity contribution is 0.132. The first-order valence-corrected chi connectivity index (χ1v) is 8.16. The molecule has 1 aromatic heterocycles. The zero-order chi connectivity index (χ0) is 16.3. The maximum absolute atomic E-state index is 11.6. The minimum Gasteiger partial charge on any atom is -0.488 e. The smallest absolute Gasteiger partial charge is 0.321 e. The minimum atomic E-state index is -0.332. The predicted octanol–water partition coefficient (Wildman–Crippen LogP) is 2.45. The van der Waals surface area contributed by atoms with E-state index in [1.165, 1.54) is 11.3 Å². The number of hydrogen-bond donors (Lipinski definition) is 2. The largest absolute Gasteiger partial charge is 0.488 e. The Balaban J connectivity index is 1.47. The molecule has 23 heavy (non-hydrogen) atoms. The van der Waals surface area contributed by atoms with Gasteiger partial charge in [0, 0.05) is 12.0 Å². The topological polar surface area (TPSA) is 85.4 Å². The van der Waals surface area contributed by atoms with E-state index in [-0.39, 0.29) is 11.6 Å². The number of nitrogens with zero attached hydrogens (tertiary/aromatic N) is 2. The summed E-state index contributed by atoms with van der Waals surface area (Å²) in [6, 6.07) is 5.54. The fourth-order valence-electron chi connectivity index (χ4n) is 2.40. The van der Waals surface area contributed by atoms with Crippen molar-refractivity contribution in [3.63, 3.8) is 0 Å². The van der Waals surface area contributed by atoms with Gasteiger partial charge in [-0.15, -0.1) is 10.2 Å². The van der Waals surface area contributed by atoms with Crippen molar-refractivity contribution in [2.45, 2.75) is 25.9 Å². The normalized spacial score (nSPS) is 14.7. The molecule has 122 valence electrons. The van der Waals surface area contributed by atoms with Crippen LogP contribution in [0.5, 0.6) is 11.5 Å². The molecule has 1 aliphatic heterocycles. The van der Waals surface area contributed by atoms with Crippen molar-refractivity contribution in [3.8, 4) is 11.5 Å². The molecular weight excluding hydrogens is 316 g/mol. The highest BCUT2D eigenvalue weighted by Crippen LogP contribution is 2.41. The Morgan fingerprint density at radius 1 is 1.48 bits per heavy atom. The number of rotatable bonds is 5. The van der Waals surface area contributed by atoms with E-state index in [2.05, 4.69) is 34.7 Å². The third-order valence-electron chi connectivity index (χ3n) is 3.28. The second-order valence-electron chi connectivity index (χ2n) is 5.76. The van der Waals surface area contributed by atoms with E-state index < -0.39 is 0 Å². The van der Waals surface area contributed by atoms with Crippen molar-refractivity contribution in [1.29, 1.82) is 0 Å². The summed E-state index contributed by atoms with van der Waals surface area (Å²) >= 11 is 1.26. The van der Waals surface area contributed by atoms with Gasteiger partial charge in [0.1, 0.15) is 17.7 Å². The van der Waals surface area contributed by atoms with Gasteiger partial charge < -0.3 is 14.8 Å². The van der Waals surface area contributed by atoms with Crippen LogP contribution >= 0.6 is 11.3 Å². The maximum atomic E-state index is 11.6. The number of carbonyl (C=O) groups excluding carboxylic acids is 1. The average molecular weight is 334 g/mol. The molecule has 1 aliphatic rings. The van der Waals surface area contributed by atoms with Crippen molar-refractivity contribution in [1.82, 2.24) is 15.5 Å². The van der Waals surface area contributed by atoms with E-state index in [0.29, 0.717) is 24.0 Å². The summed E-state index contributed by atoms with van der Waals surface area (Å²) in [6.07, 6.45) is 0.863. The molecule has 0 fully saturated rings. The van der Waals surface area contributed by atoms with Crippen LogP contribution in [0.3, 0.4) is 0 Å². The zero-order valence-corrected chi connectivity index (χ0v) is 13.8. The van der Waals surface area contributed by atoms with Gasteiger partial charge >= 0.3 is 6.03 Å². The molecular formula is C15H18N4O3S. The molecule has 1 aromatic carbocycles. The van der Waals surface area contributed by atoms with Gasteiger partial charge in [0.15, 0.2) is 11.5 Å². The van der Waals surface area contributed by atoms with Crippen molar-refractivity contribution < 1.29 is 14.3 Å². The Morgan fingerprint density at radius 3 is 3.13 bits per heavy atom. The van der Waals surface area contributed by atoms with Gasteiger partial charge in [0.25, 0.3) is 0 Å². The van der Waals surface area contributed by atoms with E-state index in [4.69, 9.17) is 9.47 Å². The van der Waals surface area contributed by atoms with Crippen LogP contribution in [-0.2, 0) is 6.42 Å². The molecule has 0 saturated carbocycles. The lowest BCUT2D eigenvalue weighted by atomic mass is 10.0. The van der Waals surface area contributed by atoms with E-state index in [0.717, 1.165) is 17.7 Å². The Bertz CT molecular complexity index is 688. The number of hydrogen-bond acceptors (Lipinski definition) is 6. The zero-order valence-electron chi connectivity index (χ0n) is 13.0. The first-order chi connectivity index (χ1) is 11.0. The van der Waals surface area contributed by atoms with Gasteiger partial charge in [-0.25, -0.2) is 4.79 Å². The standard InChI is InChI=1S/C15H18N4O3S/c1-15(2)8-10-4-3-5-11(12(10)22-15)21-7-6-16-13(20)18-14-19-17-9-23-14/h3-5,9H,6-8H2,1-2H3,(H2,16,18,19,20). The fourth-order valence-corrected chi connectivity index (χ4v) is 2.84. The first-order valence-electron chi connectivity index (χ1n) is 7.28. The first kappa shape index (κ1) is 15.5. The Hall–Kier alpha value is -2.35. The second-order valence-corrected chi connectivity index (χ2v) is 6.59. The monoisotopic (exact) mass is 334 g/mol. The number of nitrogens with one attached hydrogen (secondary N) is 2. The van der Waals surface area contributed by atoms with Crippen LogP contribution in [0.1, 0.15) is 19.4 Å². The van der Waals surface area contributed by atoms with Crippen LogP contribution in [0.2, 0.25) is 0 Å². The maximum Gasteiger partial charge on any atom is 0.321 e. The summed E-state index contributed by atoms with van der Waals surface area (Å²) in [6.45, 7) is 4.83. The summed E-state index contributed by atoms with van der Waals surface area (Å²) in [4.78, 5) is 11.6. The molecule has 0 spiro atoms. The highest BCUT2D eigenvalue weighted by Gasteiger charge is 2.32. The second kappa shape index (κ2) is 6.41. The number of benzene rings is 1. The number of carbonyl (C=O) groups is 1. The fraction of sp³-hybridized carbons (Fsp3) is 0.400. The molecule has 8 heteroatoms. The van der Waals surface area contributed by atoms with Gasteiger partial charge in [-0.3, -0.25) is 5.32 Å². The number of fused-ring (bicyclic) bond motifs is 1. The lowest BCUT2D eigenvalue weighted by Crippen LogP contribution is -2.32. The molecule has 3 rings (SSSR count). The number of aromatic nitrogens is 2. The number of anilines is 1. The summed E-state index contributed by atoms with van der Waals surface area (Å²) in [5.41, 5.74) is 2.49. The minimum absolute atomic E-state index is 0.207. The van der Waals surface area contributed by atoms with Crippen LogP contribution in [-0.4, -0.2) is 35.0 Å². The number of urea groups is 1.